The zero-order valence-electron chi connectivity index (χ0n) is 13.7. The molecule has 0 radical (unpaired) electrons. The average Bonchev–Trinajstić information content (AvgIpc) is 2.61. The molecule has 2 rings (SSSR count). The van der Waals surface area contributed by atoms with Crippen molar-refractivity contribution in [2.75, 3.05) is 0 Å². The molecule has 0 amide bonds. The van der Waals surface area contributed by atoms with Gasteiger partial charge in [-0.15, -0.1) is 0 Å². The van der Waals surface area contributed by atoms with Crippen molar-refractivity contribution in [1.82, 2.24) is 0 Å². The summed E-state index contributed by atoms with van der Waals surface area (Å²) in [5.74, 6) is -1.66. The zero-order chi connectivity index (χ0) is 20.1. The van der Waals surface area contributed by atoms with Crippen molar-refractivity contribution < 1.29 is 32.8 Å². The molecule has 0 bridgehead atoms. The van der Waals surface area contributed by atoms with Crippen LogP contribution in [-0.2, 0) is 4.74 Å². The molecule has 0 aliphatic carbocycles. The lowest BCUT2D eigenvalue weighted by Gasteiger charge is -2.13. The molecular weight excluding hydrogens is 388 g/mol. The Balaban J connectivity index is 2.08. The van der Waals surface area contributed by atoms with Crippen molar-refractivity contribution in [3.63, 3.8) is 0 Å². The Kier molecular flexibility index (Phi) is 6.40. The molecule has 0 fully saturated rings. The van der Waals surface area contributed by atoms with E-state index in [2.05, 4.69) is 4.74 Å². The second kappa shape index (κ2) is 8.54. The number of nitro benzene ring substituents is 1. The Bertz CT molecular complexity index is 872. The molecule has 2 aromatic rings. The molecule has 0 N–H and O–H groups in total. The monoisotopic (exact) mass is 399 g/mol. The van der Waals surface area contributed by atoms with Gasteiger partial charge in [0.1, 0.15) is 10.8 Å². The van der Waals surface area contributed by atoms with Crippen LogP contribution >= 0.6 is 11.6 Å². The minimum Gasteiger partial charge on any atom is -0.451 e. The number of rotatable bonds is 7. The number of nitrogens with zero attached hydrogens (tertiary/aromatic N) is 1. The van der Waals surface area contributed by atoms with E-state index >= 15 is 0 Å². The highest BCUT2D eigenvalue weighted by Gasteiger charge is 2.23. The normalized spacial score (nSPS) is 11.7. The summed E-state index contributed by atoms with van der Waals surface area (Å²) >= 11 is 5.67. The Labute approximate surface area is 156 Å². The third-order valence-electron chi connectivity index (χ3n) is 3.40. The van der Waals surface area contributed by atoms with Crippen molar-refractivity contribution in [2.45, 2.75) is 19.6 Å². The molecule has 10 heteroatoms. The smallest absolute Gasteiger partial charge is 0.387 e. The summed E-state index contributed by atoms with van der Waals surface area (Å²) in [4.78, 5) is 34.5. The number of carbonyl (C=O) groups excluding carboxylic acids is 2. The van der Waals surface area contributed by atoms with Gasteiger partial charge in [0.05, 0.1) is 10.5 Å². The lowest BCUT2D eigenvalue weighted by molar-refractivity contribution is -0.384. The van der Waals surface area contributed by atoms with E-state index in [0.717, 1.165) is 6.07 Å². The predicted octanol–water partition coefficient (Wildman–Crippen LogP) is 4.28. The Morgan fingerprint density at radius 3 is 2.26 bits per heavy atom. The number of ether oxygens (including phenoxy) is 2. The molecule has 0 spiro atoms. The summed E-state index contributed by atoms with van der Waals surface area (Å²) in [6, 6.07) is 8.19. The summed E-state index contributed by atoms with van der Waals surface area (Å²) in [7, 11) is 0. The lowest BCUT2D eigenvalue weighted by atomic mass is 10.1. The summed E-state index contributed by atoms with van der Waals surface area (Å²) < 4.78 is 33.4. The third-order valence-corrected chi connectivity index (χ3v) is 3.72. The van der Waals surface area contributed by atoms with Crippen LogP contribution in [-0.4, -0.2) is 29.4 Å². The maximum Gasteiger partial charge on any atom is 0.387 e. The summed E-state index contributed by atoms with van der Waals surface area (Å²) in [6.45, 7) is -1.68. The van der Waals surface area contributed by atoms with E-state index in [-0.39, 0.29) is 21.9 Å². The van der Waals surface area contributed by atoms with Crippen molar-refractivity contribution in [3.05, 3.63) is 68.7 Å². The highest BCUT2D eigenvalue weighted by atomic mass is 35.5. The molecule has 0 aliphatic heterocycles. The number of Topliss-reactive ketones (excluding diaryl/α,β-unsaturated/α-hetero) is 1. The fourth-order valence-electron chi connectivity index (χ4n) is 2.10. The van der Waals surface area contributed by atoms with Crippen molar-refractivity contribution in [1.29, 1.82) is 0 Å². The van der Waals surface area contributed by atoms with Crippen LogP contribution in [0.25, 0.3) is 0 Å². The van der Waals surface area contributed by atoms with E-state index in [9.17, 15) is 28.5 Å². The molecule has 0 heterocycles. The van der Waals surface area contributed by atoms with Gasteiger partial charge in [-0.3, -0.25) is 14.9 Å². The third kappa shape index (κ3) is 5.20. The number of carbonyl (C=O) groups is 2. The number of benzene rings is 2. The number of hydrogen-bond donors (Lipinski definition) is 0. The van der Waals surface area contributed by atoms with E-state index in [0.29, 0.717) is 0 Å². The molecule has 0 aromatic heterocycles. The van der Waals surface area contributed by atoms with Crippen LogP contribution in [0.15, 0.2) is 42.5 Å². The fraction of sp³-hybridized carbons (Fsp3) is 0.176. The van der Waals surface area contributed by atoms with Crippen molar-refractivity contribution in [2.24, 2.45) is 0 Å². The topological polar surface area (TPSA) is 95.7 Å². The average molecular weight is 400 g/mol. The van der Waals surface area contributed by atoms with E-state index in [1.807, 2.05) is 0 Å². The van der Waals surface area contributed by atoms with Gasteiger partial charge in [0, 0.05) is 11.6 Å². The molecule has 0 saturated heterocycles. The lowest BCUT2D eigenvalue weighted by Crippen LogP contribution is -2.24. The summed E-state index contributed by atoms with van der Waals surface area (Å²) in [5, 5.41) is 10.7. The predicted molar refractivity (Wildman–Crippen MR) is 90.4 cm³/mol. The van der Waals surface area contributed by atoms with Crippen LogP contribution in [0.2, 0.25) is 5.02 Å². The van der Waals surface area contributed by atoms with E-state index in [1.54, 1.807) is 0 Å². The fourth-order valence-corrected chi connectivity index (χ4v) is 2.28. The second-order valence-corrected chi connectivity index (χ2v) is 5.65. The second-order valence-electron chi connectivity index (χ2n) is 5.24. The molecule has 0 unspecified atom stereocenters. The first-order valence-corrected chi connectivity index (χ1v) is 7.81. The van der Waals surface area contributed by atoms with Gasteiger partial charge in [0.2, 0.25) is 5.78 Å². The van der Waals surface area contributed by atoms with Gasteiger partial charge in [-0.05, 0) is 43.3 Å². The SMILES string of the molecule is C[C@H](OC(=O)c1ccc(Cl)c([N+](=O)[O-])c1)C(=O)c1ccc(OC(F)F)cc1. The molecular formula is C17H12ClF2NO6. The van der Waals surface area contributed by atoms with Gasteiger partial charge < -0.3 is 9.47 Å². The largest absolute Gasteiger partial charge is 0.451 e. The van der Waals surface area contributed by atoms with Crippen LogP contribution in [0.5, 0.6) is 5.75 Å². The molecule has 7 nitrogen and oxygen atoms in total. The summed E-state index contributed by atoms with van der Waals surface area (Å²) in [5.41, 5.74) is -0.509. The van der Waals surface area contributed by atoms with Crippen LogP contribution < -0.4 is 4.74 Å². The van der Waals surface area contributed by atoms with Crippen molar-refractivity contribution >= 4 is 29.0 Å². The Hall–Kier alpha value is -3.07. The molecule has 2 aromatic carbocycles. The minimum atomic E-state index is -2.99. The molecule has 1 atom stereocenters. The Morgan fingerprint density at radius 2 is 1.70 bits per heavy atom. The highest BCUT2D eigenvalue weighted by molar-refractivity contribution is 6.32. The standard InChI is InChI=1S/C17H12ClF2NO6/c1-9(15(22)10-2-5-12(6-3-10)27-17(19)20)26-16(23)11-4-7-13(18)14(8-11)21(24)25/h2-9,17H,1H3/t9-/m0/s1. The van der Waals surface area contributed by atoms with Crippen LogP contribution in [0.4, 0.5) is 14.5 Å². The van der Waals surface area contributed by atoms with Gasteiger partial charge in [-0.1, -0.05) is 11.6 Å². The zero-order valence-corrected chi connectivity index (χ0v) is 14.5. The van der Waals surface area contributed by atoms with Gasteiger partial charge in [-0.2, -0.15) is 8.78 Å². The first-order valence-electron chi connectivity index (χ1n) is 7.43. The van der Waals surface area contributed by atoms with Crippen molar-refractivity contribution in [3.8, 4) is 5.75 Å². The van der Waals surface area contributed by atoms with Gasteiger partial charge in [0.25, 0.3) is 5.69 Å². The number of halogens is 3. The first kappa shape index (κ1) is 20.2. The molecule has 0 saturated carbocycles. The van der Waals surface area contributed by atoms with Crippen LogP contribution in [0.1, 0.15) is 27.6 Å². The number of alkyl halides is 2. The summed E-state index contributed by atoms with van der Waals surface area (Å²) in [6.07, 6.45) is -1.21. The molecule has 27 heavy (non-hydrogen) atoms. The molecule has 0 aliphatic rings. The maximum absolute atomic E-state index is 12.3. The number of ketones is 1. The highest BCUT2D eigenvalue weighted by Crippen LogP contribution is 2.25. The van der Waals surface area contributed by atoms with E-state index in [1.165, 1.54) is 43.3 Å². The Morgan fingerprint density at radius 1 is 1.11 bits per heavy atom. The van der Waals surface area contributed by atoms with Gasteiger partial charge >= 0.3 is 12.6 Å². The number of hydrogen-bond acceptors (Lipinski definition) is 6. The number of nitro groups is 1. The van der Waals surface area contributed by atoms with Gasteiger partial charge in [-0.25, -0.2) is 4.79 Å². The minimum absolute atomic E-state index is 0.110. The van der Waals surface area contributed by atoms with Crippen LogP contribution in [0.3, 0.4) is 0 Å². The molecule has 142 valence electrons. The van der Waals surface area contributed by atoms with E-state index in [4.69, 9.17) is 16.3 Å². The maximum atomic E-state index is 12.3. The van der Waals surface area contributed by atoms with Crippen LogP contribution in [0, 0.1) is 10.1 Å². The number of esters is 1. The van der Waals surface area contributed by atoms with Gasteiger partial charge in [0.15, 0.2) is 6.10 Å². The first-order chi connectivity index (χ1) is 12.7. The quantitative estimate of drug-likeness (QED) is 0.298. The van der Waals surface area contributed by atoms with E-state index < -0.39 is 35.1 Å².